The second kappa shape index (κ2) is 9.32. The van der Waals surface area contributed by atoms with Crippen molar-refractivity contribution in [2.45, 2.75) is 18.4 Å². The predicted molar refractivity (Wildman–Crippen MR) is 97.7 cm³/mol. The van der Waals surface area contributed by atoms with Gasteiger partial charge >= 0.3 is 0 Å². The van der Waals surface area contributed by atoms with Crippen molar-refractivity contribution in [2.75, 3.05) is 20.0 Å². The largest absolute Gasteiger partial charge is 0.493 e. The molecule has 6 heteroatoms. The highest BCUT2D eigenvalue weighted by Crippen LogP contribution is 2.30. The minimum atomic E-state index is -0.262. The number of amides is 1. The number of nitrogens with one attached hydrogen (secondary N) is 1. The molecule has 0 heterocycles. The van der Waals surface area contributed by atoms with E-state index in [2.05, 4.69) is 5.32 Å². The number of thioether (sulfide) groups is 1. The summed E-state index contributed by atoms with van der Waals surface area (Å²) in [6.45, 7) is 2.24. The van der Waals surface area contributed by atoms with E-state index in [1.54, 1.807) is 26.4 Å². The van der Waals surface area contributed by atoms with Gasteiger partial charge in [0.2, 0.25) is 5.91 Å². The molecule has 25 heavy (non-hydrogen) atoms. The summed E-state index contributed by atoms with van der Waals surface area (Å²) in [6, 6.07) is 11.8. The van der Waals surface area contributed by atoms with Gasteiger partial charge in [-0.25, -0.2) is 4.39 Å². The minimum Gasteiger partial charge on any atom is -0.493 e. The minimum absolute atomic E-state index is 0.0421. The molecule has 0 aliphatic carbocycles. The van der Waals surface area contributed by atoms with Crippen LogP contribution in [0.4, 0.5) is 4.39 Å². The number of methoxy groups -OCH3 is 2. The third-order valence-corrected chi connectivity index (χ3v) is 4.97. The molecule has 2 aromatic carbocycles. The lowest BCUT2D eigenvalue weighted by Gasteiger charge is -2.15. The summed E-state index contributed by atoms with van der Waals surface area (Å²) in [5.41, 5.74) is 0.855. The zero-order valence-electron chi connectivity index (χ0n) is 14.5. The molecule has 0 aliphatic rings. The zero-order chi connectivity index (χ0) is 18.2. The van der Waals surface area contributed by atoms with Gasteiger partial charge < -0.3 is 14.8 Å². The maximum Gasteiger partial charge on any atom is 0.223 e. The quantitative estimate of drug-likeness (QED) is 0.723. The Morgan fingerprint density at radius 1 is 1.16 bits per heavy atom. The molecular weight excluding hydrogens is 341 g/mol. The van der Waals surface area contributed by atoms with E-state index in [1.807, 2.05) is 25.1 Å². The van der Waals surface area contributed by atoms with E-state index in [-0.39, 0.29) is 17.6 Å². The molecule has 1 atom stereocenters. The van der Waals surface area contributed by atoms with E-state index < -0.39 is 0 Å². The smallest absolute Gasteiger partial charge is 0.223 e. The monoisotopic (exact) mass is 363 g/mol. The first-order valence-corrected chi connectivity index (χ1v) is 8.89. The molecule has 0 radical (unpaired) electrons. The first kappa shape index (κ1) is 19.1. The van der Waals surface area contributed by atoms with E-state index in [1.165, 1.54) is 23.9 Å². The van der Waals surface area contributed by atoms with Crippen LogP contribution in [0, 0.1) is 11.7 Å². The molecule has 0 fully saturated rings. The Hall–Kier alpha value is -2.21. The second-order valence-corrected chi connectivity index (χ2v) is 6.63. The van der Waals surface area contributed by atoms with Gasteiger partial charge in [0.05, 0.1) is 14.2 Å². The topological polar surface area (TPSA) is 47.6 Å². The molecule has 4 nitrogen and oxygen atoms in total. The molecule has 1 amide bonds. The number of halogens is 1. The molecule has 0 bridgehead atoms. The average molecular weight is 363 g/mol. The van der Waals surface area contributed by atoms with Crippen molar-refractivity contribution in [3.8, 4) is 11.5 Å². The summed E-state index contributed by atoms with van der Waals surface area (Å²) in [7, 11) is 3.15. The summed E-state index contributed by atoms with van der Waals surface area (Å²) in [4.78, 5) is 13.2. The van der Waals surface area contributed by atoms with Crippen LogP contribution in [0.15, 0.2) is 47.4 Å². The number of rotatable bonds is 8. The van der Waals surface area contributed by atoms with Crippen molar-refractivity contribution in [1.82, 2.24) is 5.32 Å². The third kappa shape index (κ3) is 5.39. The summed E-state index contributed by atoms with van der Waals surface area (Å²) in [5.74, 6) is 1.40. The summed E-state index contributed by atoms with van der Waals surface area (Å²) in [5, 5.41) is 2.92. The number of para-hydroxylation sites is 1. The number of ether oxygens (including phenoxy) is 2. The number of benzene rings is 2. The lowest BCUT2D eigenvalue weighted by Crippen LogP contribution is -2.30. The maximum atomic E-state index is 12.9. The molecule has 0 saturated carbocycles. The number of hydrogen-bond donors (Lipinski definition) is 1. The third-order valence-electron chi connectivity index (χ3n) is 3.70. The number of hydrogen-bond acceptors (Lipinski definition) is 4. The lowest BCUT2D eigenvalue weighted by atomic mass is 10.1. The highest BCUT2D eigenvalue weighted by molar-refractivity contribution is 7.99. The molecule has 2 rings (SSSR count). The van der Waals surface area contributed by atoms with Crippen molar-refractivity contribution in [1.29, 1.82) is 0 Å². The van der Waals surface area contributed by atoms with E-state index >= 15 is 0 Å². The Bertz CT molecular complexity index is 706. The van der Waals surface area contributed by atoms with Crippen LogP contribution in [0.2, 0.25) is 0 Å². The van der Waals surface area contributed by atoms with Gasteiger partial charge in [-0.15, -0.1) is 11.8 Å². The van der Waals surface area contributed by atoms with Gasteiger partial charge in [0.1, 0.15) is 5.82 Å². The van der Waals surface area contributed by atoms with Crippen LogP contribution in [-0.4, -0.2) is 25.9 Å². The summed E-state index contributed by atoms with van der Waals surface area (Å²) in [6.07, 6.45) is 0. The van der Waals surface area contributed by atoms with E-state index in [0.29, 0.717) is 23.8 Å². The average Bonchev–Trinajstić information content (AvgIpc) is 2.64. The number of carbonyl (C=O) groups is 1. The van der Waals surface area contributed by atoms with Crippen molar-refractivity contribution < 1.29 is 18.7 Å². The number of carbonyl (C=O) groups excluding carboxylic acids is 1. The van der Waals surface area contributed by atoms with Crippen LogP contribution in [0.3, 0.4) is 0 Å². The Kier molecular flexibility index (Phi) is 7.13. The van der Waals surface area contributed by atoms with Crippen LogP contribution >= 0.6 is 11.8 Å². The van der Waals surface area contributed by atoms with Crippen LogP contribution in [0.1, 0.15) is 12.5 Å². The molecule has 134 valence electrons. The zero-order valence-corrected chi connectivity index (χ0v) is 15.4. The fraction of sp³-hybridized carbons (Fsp3) is 0.316. The standard InChI is InChI=1S/C19H22FNO3S/c1-13(12-25-16-9-7-15(20)8-10-16)19(22)21-11-14-5-4-6-17(23-2)18(14)24-3/h4-10,13H,11-12H2,1-3H3,(H,21,22)/t13-/m1/s1. The molecule has 1 N–H and O–H groups in total. The Morgan fingerprint density at radius 3 is 2.52 bits per heavy atom. The van der Waals surface area contributed by atoms with Gasteiger partial charge in [0, 0.05) is 28.7 Å². The van der Waals surface area contributed by atoms with Gasteiger partial charge in [-0.2, -0.15) is 0 Å². The fourth-order valence-electron chi connectivity index (χ4n) is 2.28. The van der Waals surface area contributed by atoms with Crippen molar-refractivity contribution >= 4 is 17.7 Å². The van der Waals surface area contributed by atoms with Gasteiger partial charge in [0.25, 0.3) is 0 Å². The van der Waals surface area contributed by atoms with Crippen LogP contribution < -0.4 is 14.8 Å². The van der Waals surface area contributed by atoms with Gasteiger partial charge in [-0.3, -0.25) is 4.79 Å². The molecule has 0 spiro atoms. The normalized spacial score (nSPS) is 11.7. The van der Waals surface area contributed by atoms with Crippen molar-refractivity contribution in [3.63, 3.8) is 0 Å². The Morgan fingerprint density at radius 2 is 1.88 bits per heavy atom. The van der Waals surface area contributed by atoms with E-state index in [9.17, 15) is 9.18 Å². The molecule has 2 aromatic rings. The van der Waals surface area contributed by atoms with E-state index in [0.717, 1.165) is 10.5 Å². The van der Waals surface area contributed by atoms with Crippen LogP contribution in [0.5, 0.6) is 11.5 Å². The van der Waals surface area contributed by atoms with Crippen molar-refractivity contribution in [2.24, 2.45) is 5.92 Å². The Labute approximate surface area is 151 Å². The van der Waals surface area contributed by atoms with E-state index in [4.69, 9.17) is 9.47 Å². The second-order valence-electron chi connectivity index (χ2n) is 5.54. The molecule has 0 saturated heterocycles. The van der Waals surface area contributed by atoms with Crippen molar-refractivity contribution in [3.05, 3.63) is 53.8 Å². The molecule has 0 aliphatic heterocycles. The first-order valence-electron chi connectivity index (χ1n) is 7.91. The maximum absolute atomic E-state index is 12.9. The SMILES string of the molecule is COc1cccc(CNC(=O)[C@H](C)CSc2ccc(F)cc2)c1OC. The van der Waals surface area contributed by atoms with Gasteiger partial charge in [-0.05, 0) is 30.3 Å². The predicted octanol–water partition coefficient (Wildman–Crippen LogP) is 3.89. The lowest BCUT2D eigenvalue weighted by molar-refractivity contribution is -0.124. The summed E-state index contributed by atoms with van der Waals surface area (Å²) < 4.78 is 23.5. The van der Waals surface area contributed by atoms with Crippen LogP contribution in [0.25, 0.3) is 0 Å². The highest BCUT2D eigenvalue weighted by Gasteiger charge is 2.15. The molecule has 0 aromatic heterocycles. The highest BCUT2D eigenvalue weighted by atomic mass is 32.2. The molecule has 0 unspecified atom stereocenters. The summed E-state index contributed by atoms with van der Waals surface area (Å²) >= 11 is 1.53. The van der Waals surface area contributed by atoms with Gasteiger partial charge in [0.15, 0.2) is 11.5 Å². The van der Waals surface area contributed by atoms with Crippen LogP contribution in [-0.2, 0) is 11.3 Å². The first-order chi connectivity index (χ1) is 12.0. The molecular formula is C19H22FNO3S. The Balaban J connectivity index is 1.88. The van der Waals surface area contributed by atoms with Gasteiger partial charge in [-0.1, -0.05) is 19.1 Å². The fourth-order valence-corrected chi connectivity index (χ4v) is 3.20.